The first-order chi connectivity index (χ1) is 9.13. The van der Waals surface area contributed by atoms with Crippen molar-refractivity contribution in [1.82, 2.24) is 9.97 Å². The molecule has 19 heavy (non-hydrogen) atoms. The normalized spacial score (nSPS) is 9.95. The number of hydrogen-bond acceptors (Lipinski definition) is 5. The molecule has 0 aliphatic rings. The van der Waals surface area contributed by atoms with Gasteiger partial charge in [-0.3, -0.25) is 4.98 Å². The van der Waals surface area contributed by atoms with E-state index in [1.807, 2.05) is 32.0 Å². The van der Waals surface area contributed by atoms with Gasteiger partial charge in [-0.05, 0) is 31.5 Å². The lowest BCUT2D eigenvalue weighted by Gasteiger charge is -2.10. The van der Waals surface area contributed by atoms with Crippen LogP contribution in [-0.4, -0.2) is 9.97 Å². The molecule has 5 nitrogen and oxygen atoms in total. The van der Waals surface area contributed by atoms with Crippen LogP contribution in [0.3, 0.4) is 0 Å². The smallest absolute Gasteiger partial charge is 0.237 e. The number of hydrogen-bond donors (Lipinski definition) is 1. The first kappa shape index (κ1) is 12.8. The van der Waals surface area contributed by atoms with E-state index in [4.69, 9.17) is 15.7 Å². The molecule has 96 valence electrons. The average molecular weight is 254 g/mol. The number of pyridine rings is 2. The van der Waals surface area contributed by atoms with Crippen LogP contribution in [0.1, 0.15) is 23.9 Å². The highest BCUT2D eigenvalue weighted by atomic mass is 16.5. The van der Waals surface area contributed by atoms with Crippen LogP contribution in [0.25, 0.3) is 0 Å². The van der Waals surface area contributed by atoms with Crippen LogP contribution in [0.5, 0.6) is 11.6 Å². The Balaban J connectivity index is 2.39. The van der Waals surface area contributed by atoms with E-state index >= 15 is 0 Å². The zero-order valence-corrected chi connectivity index (χ0v) is 10.8. The predicted octanol–water partition coefficient (Wildman–Crippen LogP) is 2.59. The summed E-state index contributed by atoms with van der Waals surface area (Å²) >= 11 is 0. The van der Waals surface area contributed by atoms with Crippen molar-refractivity contribution in [3.05, 3.63) is 41.3 Å². The Bertz CT molecular complexity index is 646. The molecule has 0 aliphatic carbocycles. The summed E-state index contributed by atoms with van der Waals surface area (Å²) in [6.07, 6.45) is 2.21. The van der Waals surface area contributed by atoms with Gasteiger partial charge in [-0.2, -0.15) is 5.26 Å². The van der Waals surface area contributed by atoms with Gasteiger partial charge in [-0.25, -0.2) is 4.98 Å². The molecule has 0 fully saturated rings. The summed E-state index contributed by atoms with van der Waals surface area (Å²) in [5.74, 6) is 0.860. The Kier molecular flexibility index (Phi) is 3.62. The molecule has 0 atom stereocenters. The molecule has 2 aromatic rings. The van der Waals surface area contributed by atoms with Gasteiger partial charge < -0.3 is 10.5 Å². The fourth-order valence-electron chi connectivity index (χ4n) is 1.68. The first-order valence-electron chi connectivity index (χ1n) is 5.94. The molecule has 2 heterocycles. The molecule has 2 N–H and O–H groups in total. The fourth-order valence-corrected chi connectivity index (χ4v) is 1.68. The summed E-state index contributed by atoms with van der Waals surface area (Å²) in [4.78, 5) is 8.45. The van der Waals surface area contributed by atoms with Crippen molar-refractivity contribution in [3.8, 4) is 17.7 Å². The van der Waals surface area contributed by atoms with Gasteiger partial charge in [0.25, 0.3) is 0 Å². The number of rotatable bonds is 3. The maximum Gasteiger partial charge on any atom is 0.237 e. The third-order valence-electron chi connectivity index (χ3n) is 2.61. The highest BCUT2D eigenvalue weighted by Gasteiger charge is 2.10. The maximum atomic E-state index is 9.05. The zero-order valence-electron chi connectivity index (χ0n) is 10.8. The molecule has 0 unspecified atom stereocenters. The standard InChI is InChI=1S/C14H14N4O/c1-3-12-13(5-4-9(2)18-12)19-14-10(7-15)6-11(16)8-17-14/h4-6,8H,3,16H2,1-2H3. The van der Waals surface area contributed by atoms with Gasteiger partial charge in [0.1, 0.15) is 11.6 Å². The number of nitrogens with two attached hydrogens (primary N) is 1. The van der Waals surface area contributed by atoms with Crippen molar-refractivity contribution in [2.24, 2.45) is 0 Å². The third-order valence-corrected chi connectivity index (χ3v) is 2.61. The molecule has 2 rings (SSSR count). The van der Waals surface area contributed by atoms with Gasteiger partial charge in [0.2, 0.25) is 5.88 Å². The summed E-state index contributed by atoms with van der Waals surface area (Å²) in [5, 5.41) is 9.05. The largest absolute Gasteiger partial charge is 0.436 e. The minimum absolute atomic E-state index is 0.247. The van der Waals surface area contributed by atoms with E-state index in [0.29, 0.717) is 17.0 Å². The van der Waals surface area contributed by atoms with Crippen molar-refractivity contribution in [2.45, 2.75) is 20.3 Å². The van der Waals surface area contributed by atoms with E-state index in [9.17, 15) is 0 Å². The molecule has 0 spiro atoms. The van der Waals surface area contributed by atoms with E-state index in [1.54, 1.807) is 0 Å². The van der Waals surface area contributed by atoms with E-state index in [2.05, 4.69) is 9.97 Å². The second-order valence-corrected chi connectivity index (χ2v) is 4.09. The number of anilines is 1. The number of aryl methyl sites for hydroxylation is 2. The zero-order chi connectivity index (χ0) is 13.8. The van der Waals surface area contributed by atoms with Crippen molar-refractivity contribution < 1.29 is 4.74 Å². The number of nitrogens with zero attached hydrogens (tertiary/aromatic N) is 3. The highest BCUT2D eigenvalue weighted by molar-refractivity contribution is 5.49. The van der Waals surface area contributed by atoms with Gasteiger partial charge in [0.15, 0.2) is 5.75 Å². The molecule has 0 amide bonds. The summed E-state index contributed by atoms with van der Waals surface area (Å²) < 4.78 is 5.68. The molecular formula is C14H14N4O. The summed E-state index contributed by atoms with van der Waals surface area (Å²) in [7, 11) is 0. The van der Waals surface area contributed by atoms with E-state index in [1.165, 1.54) is 12.3 Å². The van der Waals surface area contributed by atoms with Crippen LogP contribution in [0.4, 0.5) is 5.69 Å². The van der Waals surface area contributed by atoms with Crippen LogP contribution in [0, 0.1) is 18.3 Å². The van der Waals surface area contributed by atoms with Gasteiger partial charge >= 0.3 is 0 Å². The Morgan fingerprint density at radius 3 is 2.89 bits per heavy atom. The SMILES string of the molecule is CCc1nc(C)ccc1Oc1ncc(N)cc1C#N. The Morgan fingerprint density at radius 2 is 2.21 bits per heavy atom. The lowest BCUT2D eigenvalue weighted by atomic mass is 10.2. The van der Waals surface area contributed by atoms with Crippen molar-refractivity contribution in [3.63, 3.8) is 0 Å². The van der Waals surface area contributed by atoms with Crippen molar-refractivity contribution in [1.29, 1.82) is 5.26 Å². The summed E-state index contributed by atoms with van der Waals surface area (Å²) in [6, 6.07) is 7.25. The minimum atomic E-state index is 0.247. The fraction of sp³-hybridized carbons (Fsp3) is 0.214. The predicted molar refractivity (Wildman–Crippen MR) is 71.8 cm³/mol. The Morgan fingerprint density at radius 1 is 1.42 bits per heavy atom. The van der Waals surface area contributed by atoms with Gasteiger partial charge in [0.05, 0.1) is 17.6 Å². The average Bonchev–Trinajstić information content (AvgIpc) is 2.42. The molecular weight excluding hydrogens is 240 g/mol. The van der Waals surface area contributed by atoms with Crippen molar-refractivity contribution in [2.75, 3.05) is 5.73 Å². The Labute approximate surface area is 111 Å². The van der Waals surface area contributed by atoms with E-state index in [0.717, 1.165) is 17.8 Å². The quantitative estimate of drug-likeness (QED) is 0.909. The summed E-state index contributed by atoms with van der Waals surface area (Å²) in [6.45, 7) is 3.92. The number of ether oxygens (including phenoxy) is 1. The molecule has 0 aliphatic heterocycles. The molecule has 2 aromatic heterocycles. The second kappa shape index (κ2) is 5.36. The molecule has 0 aromatic carbocycles. The number of nitrogen functional groups attached to an aromatic ring is 1. The van der Waals surface area contributed by atoms with Gasteiger partial charge in [-0.1, -0.05) is 6.92 Å². The lowest BCUT2D eigenvalue weighted by Crippen LogP contribution is -1.99. The molecule has 0 radical (unpaired) electrons. The summed E-state index contributed by atoms with van der Waals surface area (Å²) in [5.41, 5.74) is 8.09. The Hall–Kier alpha value is -2.61. The minimum Gasteiger partial charge on any atom is -0.436 e. The number of aromatic nitrogens is 2. The van der Waals surface area contributed by atoms with E-state index < -0.39 is 0 Å². The van der Waals surface area contributed by atoms with Gasteiger partial charge in [-0.15, -0.1) is 0 Å². The molecule has 5 heteroatoms. The lowest BCUT2D eigenvalue weighted by molar-refractivity contribution is 0.452. The van der Waals surface area contributed by atoms with Crippen LogP contribution in [0.2, 0.25) is 0 Å². The van der Waals surface area contributed by atoms with E-state index in [-0.39, 0.29) is 5.88 Å². The molecule has 0 bridgehead atoms. The molecule has 0 saturated carbocycles. The monoisotopic (exact) mass is 254 g/mol. The third kappa shape index (κ3) is 2.80. The number of nitriles is 1. The first-order valence-corrected chi connectivity index (χ1v) is 5.94. The maximum absolute atomic E-state index is 9.05. The highest BCUT2D eigenvalue weighted by Crippen LogP contribution is 2.26. The van der Waals surface area contributed by atoms with Crippen LogP contribution >= 0.6 is 0 Å². The van der Waals surface area contributed by atoms with Crippen LogP contribution in [0.15, 0.2) is 24.4 Å². The van der Waals surface area contributed by atoms with Crippen molar-refractivity contribution >= 4 is 5.69 Å². The van der Waals surface area contributed by atoms with Gasteiger partial charge in [0, 0.05) is 5.69 Å². The van der Waals surface area contributed by atoms with Crippen LogP contribution < -0.4 is 10.5 Å². The van der Waals surface area contributed by atoms with Crippen LogP contribution in [-0.2, 0) is 6.42 Å². The molecule has 0 saturated heterocycles. The topological polar surface area (TPSA) is 84.8 Å². The second-order valence-electron chi connectivity index (χ2n) is 4.09.